The number of imide groups is 1. The molecule has 5 aliphatic heterocycles. The van der Waals surface area contributed by atoms with Gasteiger partial charge in [0.1, 0.15) is 17.9 Å². The first-order valence-corrected chi connectivity index (χ1v) is 17.3. The number of piperidine rings is 2. The van der Waals surface area contributed by atoms with Crippen molar-refractivity contribution in [2.24, 2.45) is 5.92 Å². The summed E-state index contributed by atoms with van der Waals surface area (Å²) >= 11 is 0. The van der Waals surface area contributed by atoms with Crippen molar-refractivity contribution in [2.75, 3.05) is 53.1 Å². The Balaban J connectivity index is 0.899. The number of hydrogen-bond donors (Lipinski definition) is 1. The van der Waals surface area contributed by atoms with E-state index >= 15 is 0 Å². The summed E-state index contributed by atoms with van der Waals surface area (Å²) in [6.45, 7) is 7.34. The van der Waals surface area contributed by atoms with E-state index in [2.05, 4.69) is 45.4 Å². The topological polar surface area (TPSA) is 114 Å². The van der Waals surface area contributed by atoms with E-state index in [0.29, 0.717) is 42.8 Å². The number of rotatable bonds is 9. The zero-order valence-electron chi connectivity index (χ0n) is 27.4. The summed E-state index contributed by atoms with van der Waals surface area (Å²) in [6, 6.07) is 16.6. The van der Waals surface area contributed by atoms with Gasteiger partial charge in [-0.1, -0.05) is 12.1 Å². The Morgan fingerprint density at radius 3 is 2.60 bits per heavy atom. The third-order valence-electron chi connectivity index (χ3n) is 10.9. The third-order valence-corrected chi connectivity index (χ3v) is 10.9. The molecular formula is C37H43N5O6. The summed E-state index contributed by atoms with van der Waals surface area (Å²) in [5, 5.41) is 3.53. The number of carbonyl (C=O) groups is 3. The molecule has 4 fully saturated rings. The van der Waals surface area contributed by atoms with E-state index in [1.54, 1.807) is 18.1 Å². The molecule has 5 aliphatic rings. The van der Waals surface area contributed by atoms with Crippen LogP contribution in [-0.4, -0.2) is 109 Å². The van der Waals surface area contributed by atoms with Gasteiger partial charge in [-0.15, -0.1) is 0 Å². The van der Waals surface area contributed by atoms with Crippen LogP contribution >= 0.6 is 0 Å². The molecule has 11 heteroatoms. The standard InChI is InChI=1S/C37H43N5O6/c1-46-20-27-17-40(16-23-2-6-32-25(14-23)3-7-31(38-32)24-10-12-41(13-11-24)28-21-47-22-28)19-34(27)48-29-4-5-30-26(15-29)18-42(37(30)45)33-8-9-35(43)39-36(33)44/h2-7,14-15,24,27-28,33-34H,8-13,16-22H2,1H3,(H,39,43,44)/t27-,33-,34+/m0/s1. The second-order valence-corrected chi connectivity index (χ2v) is 14.0. The normalized spacial score (nSPS) is 25.8. The Bertz CT molecular complexity index is 1720. The Labute approximate surface area is 280 Å². The molecule has 8 rings (SSSR count). The van der Waals surface area contributed by atoms with Crippen LogP contribution in [-0.2, 0) is 32.2 Å². The van der Waals surface area contributed by atoms with Gasteiger partial charge in [0.2, 0.25) is 11.8 Å². The number of nitrogens with one attached hydrogen (secondary N) is 1. The largest absolute Gasteiger partial charge is 0.489 e. The maximum Gasteiger partial charge on any atom is 0.255 e. The minimum Gasteiger partial charge on any atom is -0.489 e. The zero-order chi connectivity index (χ0) is 32.8. The van der Waals surface area contributed by atoms with Crippen LogP contribution in [0, 0.1) is 5.92 Å². The third kappa shape index (κ3) is 6.20. The molecule has 4 saturated heterocycles. The van der Waals surface area contributed by atoms with Gasteiger partial charge in [0.05, 0.1) is 31.4 Å². The molecule has 0 radical (unpaired) electrons. The van der Waals surface area contributed by atoms with Crippen molar-refractivity contribution < 1.29 is 28.6 Å². The van der Waals surface area contributed by atoms with Crippen LogP contribution in [0.3, 0.4) is 0 Å². The molecule has 3 amide bonds. The summed E-state index contributed by atoms with van der Waals surface area (Å²) in [4.78, 5) is 48.8. The highest BCUT2D eigenvalue weighted by molar-refractivity contribution is 6.05. The molecule has 0 aliphatic carbocycles. The van der Waals surface area contributed by atoms with Crippen LogP contribution in [0.2, 0.25) is 0 Å². The van der Waals surface area contributed by atoms with Gasteiger partial charge in [-0.25, -0.2) is 0 Å². The first-order valence-electron chi connectivity index (χ1n) is 17.3. The molecule has 0 saturated carbocycles. The number of hydrogen-bond acceptors (Lipinski definition) is 9. The van der Waals surface area contributed by atoms with E-state index in [0.717, 1.165) is 69.9 Å². The second-order valence-electron chi connectivity index (χ2n) is 14.0. The monoisotopic (exact) mass is 653 g/mol. The van der Waals surface area contributed by atoms with E-state index in [1.807, 2.05) is 12.1 Å². The minimum absolute atomic E-state index is 0.0701. The molecule has 3 atom stereocenters. The first kappa shape index (κ1) is 31.4. The van der Waals surface area contributed by atoms with Crippen molar-refractivity contribution in [1.29, 1.82) is 0 Å². The van der Waals surface area contributed by atoms with E-state index in [9.17, 15) is 14.4 Å². The Hall–Kier alpha value is -3.90. The van der Waals surface area contributed by atoms with Crippen LogP contribution < -0.4 is 10.1 Å². The minimum atomic E-state index is -0.634. The van der Waals surface area contributed by atoms with Crippen molar-refractivity contribution in [3.05, 3.63) is 70.9 Å². The SMILES string of the molecule is COC[C@@H]1CN(Cc2ccc3nc(C4CCN(C5COC5)CC4)ccc3c2)C[C@H]1Oc1ccc2c(c1)CN([C@H]1CCC(=O)NC1=O)C2=O. The molecule has 6 heterocycles. The predicted octanol–water partition coefficient (Wildman–Crippen LogP) is 3.10. The molecule has 0 bridgehead atoms. The summed E-state index contributed by atoms with van der Waals surface area (Å²) in [7, 11) is 1.72. The number of fused-ring (bicyclic) bond motifs is 2. The molecular weight excluding hydrogens is 610 g/mol. The van der Waals surface area contributed by atoms with Crippen LogP contribution in [0.15, 0.2) is 48.5 Å². The van der Waals surface area contributed by atoms with Crippen LogP contribution in [0.25, 0.3) is 10.9 Å². The lowest BCUT2D eigenvalue weighted by molar-refractivity contribution is -0.136. The van der Waals surface area contributed by atoms with Crippen LogP contribution in [0.1, 0.15) is 58.8 Å². The fourth-order valence-corrected chi connectivity index (χ4v) is 8.13. The highest BCUT2D eigenvalue weighted by Crippen LogP contribution is 2.33. The first-order chi connectivity index (χ1) is 23.4. The lowest BCUT2D eigenvalue weighted by Gasteiger charge is -2.41. The summed E-state index contributed by atoms with van der Waals surface area (Å²) in [6.07, 6.45) is 2.81. The van der Waals surface area contributed by atoms with Crippen LogP contribution in [0.4, 0.5) is 0 Å². The van der Waals surface area contributed by atoms with E-state index in [4.69, 9.17) is 19.2 Å². The average molecular weight is 654 g/mol. The van der Waals surface area contributed by atoms with Crippen molar-refractivity contribution in [2.45, 2.75) is 62.9 Å². The summed E-state index contributed by atoms with van der Waals surface area (Å²) in [5.74, 6) is 0.531. The number of aromatic nitrogens is 1. The van der Waals surface area contributed by atoms with Gasteiger partial charge >= 0.3 is 0 Å². The number of methoxy groups -OCH3 is 1. The van der Waals surface area contributed by atoms with Gasteiger partial charge in [-0.2, -0.15) is 0 Å². The van der Waals surface area contributed by atoms with E-state index in [-0.39, 0.29) is 30.3 Å². The molecule has 252 valence electrons. The maximum absolute atomic E-state index is 13.1. The van der Waals surface area contributed by atoms with Crippen molar-refractivity contribution in [3.63, 3.8) is 0 Å². The van der Waals surface area contributed by atoms with Gasteiger partial charge < -0.3 is 19.1 Å². The molecule has 1 aromatic heterocycles. The second kappa shape index (κ2) is 13.2. The molecule has 0 spiro atoms. The molecule has 48 heavy (non-hydrogen) atoms. The average Bonchev–Trinajstić information content (AvgIpc) is 3.59. The number of benzene rings is 2. The van der Waals surface area contributed by atoms with Crippen LogP contribution in [0.5, 0.6) is 5.75 Å². The molecule has 2 aromatic carbocycles. The van der Waals surface area contributed by atoms with Crippen molar-refractivity contribution in [1.82, 2.24) is 25.0 Å². The molecule has 3 aromatic rings. The molecule has 11 nitrogen and oxygen atoms in total. The van der Waals surface area contributed by atoms with Gasteiger partial charge in [0, 0.05) is 68.2 Å². The quantitative estimate of drug-likeness (QED) is 0.348. The van der Waals surface area contributed by atoms with Crippen molar-refractivity contribution in [3.8, 4) is 5.75 Å². The molecule has 0 unspecified atom stereocenters. The van der Waals surface area contributed by atoms with Gasteiger partial charge in [0.25, 0.3) is 5.91 Å². The smallest absolute Gasteiger partial charge is 0.255 e. The number of likely N-dealkylation sites (tertiary alicyclic amines) is 2. The Morgan fingerprint density at radius 1 is 0.979 bits per heavy atom. The fourth-order valence-electron chi connectivity index (χ4n) is 8.13. The highest BCUT2D eigenvalue weighted by atomic mass is 16.5. The number of pyridine rings is 1. The maximum atomic E-state index is 13.1. The zero-order valence-corrected chi connectivity index (χ0v) is 27.4. The number of amides is 3. The van der Waals surface area contributed by atoms with Gasteiger partial charge in [0.15, 0.2) is 0 Å². The lowest BCUT2D eigenvalue weighted by atomic mass is 9.91. The van der Waals surface area contributed by atoms with E-state index in [1.165, 1.54) is 16.6 Å². The van der Waals surface area contributed by atoms with Gasteiger partial charge in [-0.3, -0.25) is 34.5 Å². The Kier molecular flexibility index (Phi) is 8.62. The highest BCUT2D eigenvalue weighted by Gasteiger charge is 2.40. The number of ether oxygens (including phenoxy) is 3. The van der Waals surface area contributed by atoms with Gasteiger partial charge in [-0.05, 0) is 79.9 Å². The fraction of sp³-hybridized carbons (Fsp3) is 0.514. The predicted molar refractivity (Wildman–Crippen MR) is 177 cm³/mol. The summed E-state index contributed by atoms with van der Waals surface area (Å²) in [5.41, 5.74) is 4.92. The number of nitrogens with zero attached hydrogens (tertiary/aromatic N) is 4. The summed E-state index contributed by atoms with van der Waals surface area (Å²) < 4.78 is 17.5. The Morgan fingerprint density at radius 2 is 1.83 bits per heavy atom. The number of carbonyl (C=O) groups excluding carboxylic acids is 3. The van der Waals surface area contributed by atoms with Crippen molar-refractivity contribution >= 4 is 28.6 Å². The lowest BCUT2D eigenvalue weighted by Crippen LogP contribution is -2.52. The van der Waals surface area contributed by atoms with E-state index < -0.39 is 11.9 Å². The molecule has 1 N–H and O–H groups in total.